The lowest BCUT2D eigenvalue weighted by Crippen LogP contribution is -2.28. The lowest BCUT2D eigenvalue weighted by Gasteiger charge is -2.17. The molecule has 0 saturated carbocycles. The normalized spacial score (nSPS) is 17.1. The van der Waals surface area contributed by atoms with Crippen molar-refractivity contribution in [3.63, 3.8) is 0 Å². The Hall–Kier alpha value is -2.90. The molecule has 1 aromatic heterocycles. The van der Waals surface area contributed by atoms with Gasteiger partial charge >= 0.3 is 0 Å². The van der Waals surface area contributed by atoms with Crippen LogP contribution in [-0.4, -0.2) is 56.5 Å². The standard InChI is InChI=1S/C22H23ClN4O3/c23-19-5-1-16(2-6-19)18-9-10-26(11-18)22(29)17-3-7-21(8-4-17)30-13-20(28)12-27-15-24-14-25-27/h1-8,14-15,18,20,28H,9-13H2/t18-,20?/m0/s1. The van der Waals surface area contributed by atoms with Crippen molar-refractivity contribution < 1.29 is 14.6 Å². The smallest absolute Gasteiger partial charge is 0.253 e. The molecule has 2 atom stereocenters. The minimum absolute atomic E-state index is 0.0178. The van der Waals surface area contributed by atoms with E-state index in [1.165, 1.54) is 11.9 Å². The Morgan fingerprint density at radius 1 is 1.20 bits per heavy atom. The molecule has 4 rings (SSSR count). The zero-order valence-electron chi connectivity index (χ0n) is 16.4. The third-order valence-corrected chi connectivity index (χ3v) is 5.48. The molecular weight excluding hydrogens is 404 g/mol. The number of benzene rings is 2. The first-order chi connectivity index (χ1) is 14.6. The molecule has 30 heavy (non-hydrogen) atoms. The van der Waals surface area contributed by atoms with Crippen LogP contribution in [0.1, 0.15) is 28.3 Å². The first kappa shape index (κ1) is 20.4. The van der Waals surface area contributed by atoms with Gasteiger partial charge in [0.1, 0.15) is 31.1 Å². The van der Waals surface area contributed by atoms with Crippen molar-refractivity contribution in [3.05, 3.63) is 77.3 Å². The molecule has 0 bridgehead atoms. The van der Waals surface area contributed by atoms with Crippen LogP contribution in [0.4, 0.5) is 0 Å². The van der Waals surface area contributed by atoms with E-state index in [0.29, 0.717) is 30.3 Å². The molecule has 3 aromatic rings. The minimum atomic E-state index is -0.706. The van der Waals surface area contributed by atoms with Gasteiger partial charge in [-0.05, 0) is 48.4 Å². The maximum absolute atomic E-state index is 12.8. The number of aromatic nitrogens is 3. The summed E-state index contributed by atoms with van der Waals surface area (Å²) in [5, 5.41) is 14.7. The Morgan fingerprint density at radius 2 is 1.97 bits per heavy atom. The molecule has 1 N–H and O–H groups in total. The van der Waals surface area contributed by atoms with Crippen LogP contribution in [-0.2, 0) is 6.54 Å². The maximum atomic E-state index is 12.8. The van der Waals surface area contributed by atoms with E-state index in [9.17, 15) is 9.90 Å². The molecular formula is C22H23ClN4O3. The Bertz CT molecular complexity index is 961. The second-order valence-corrected chi connectivity index (χ2v) is 7.83. The van der Waals surface area contributed by atoms with Gasteiger partial charge in [0, 0.05) is 29.6 Å². The first-order valence-electron chi connectivity index (χ1n) is 9.86. The number of halogens is 1. The Balaban J connectivity index is 1.29. The van der Waals surface area contributed by atoms with E-state index in [1.807, 2.05) is 29.2 Å². The van der Waals surface area contributed by atoms with Crippen LogP contribution in [0.2, 0.25) is 5.02 Å². The van der Waals surface area contributed by atoms with E-state index in [1.54, 1.807) is 35.3 Å². The number of amides is 1. The summed E-state index contributed by atoms with van der Waals surface area (Å²) in [6.45, 7) is 1.87. The lowest BCUT2D eigenvalue weighted by molar-refractivity contribution is 0.0789. The fourth-order valence-electron chi connectivity index (χ4n) is 3.62. The Labute approximate surface area is 179 Å². The number of carbonyl (C=O) groups excluding carboxylic acids is 1. The molecule has 2 aromatic carbocycles. The molecule has 8 heteroatoms. The Kier molecular flexibility index (Phi) is 6.30. The van der Waals surface area contributed by atoms with E-state index in [2.05, 4.69) is 10.1 Å². The average molecular weight is 427 g/mol. The zero-order valence-corrected chi connectivity index (χ0v) is 17.2. The highest BCUT2D eigenvalue weighted by Crippen LogP contribution is 2.29. The molecule has 156 valence electrons. The molecule has 1 unspecified atom stereocenters. The van der Waals surface area contributed by atoms with Crippen molar-refractivity contribution in [1.29, 1.82) is 0 Å². The minimum Gasteiger partial charge on any atom is -0.491 e. The zero-order chi connectivity index (χ0) is 20.9. The summed E-state index contributed by atoms with van der Waals surface area (Å²) in [5.41, 5.74) is 1.84. The van der Waals surface area contributed by atoms with Gasteiger partial charge < -0.3 is 14.7 Å². The van der Waals surface area contributed by atoms with Crippen LogP contribution < -0.4 is 4.74 Å². The van der Waals surface area contributed by atoms with Crippen molar-refractivity contribution in [2.45, 2.75) is 25.0 Å². The van der Waals surface area contributed by atoms with Crippen molar-refractivity contribution in [1.82, 2.24) is 19.7 Å². The second kappa shape index (κ2) is 9.28. The van der Waals surface area contributed by atoms with Gasteiger partial charge in [0.15, 0.2) is 0 Å². The molecule has 0 radical (unpaired) electrons. The molecule has 1 amide bonds. The van der Waals surface area contributed by atoms with E-state index in [0.717, 1.165) is 18.0 Å². The highest BCUT2D eigenvalue weighted by molar-refractivity contribution is 6.30. The molecule has 1 fully saturated rings. The van der Waals surface area contributed by atoms with Crippen molar-refractivity contribution >= 4 is 17.5 Å². The molecule has 0 spiro atoms. The fraction of sp³-hybridized carbons (Fsp3) is 0.318. The van der Waals surface area contributed by atoms with Gasteiger partial charge in [0.25, 0.3) is 5.91 Å². The highest BCUT2D eigenvalue weighted by atomic mass is 35.5. The summed E-state index contributed by atoms with van der Waals surface area (Å²) < 4.78 is 7.16. The predicted molar refractivity (Wildman–Crippen MR) is 113 cm³/mol. The van der Waals surface area contributed by atoms with Gasteiger partial charge in [-0.2, -0.15) is 5.10 Å². The predicted octanol–water partition coefficient (Wildman–Crippen LogP) is 3.00. The number of hydrogen-bond donors (Lipinski definition) is 1. The highest BCUT2D eigenvalue weighted by Gasteiger charge is 2.27. The fourth-order valence-corrected chi connectivity index (χ4v) is 3.74. The Morgan fingerprint density at radius 3 is 2.67 bits per heavy atom. The van der Waals surface area contributed by atoms with Gasteiger partial charge in [-0.25, -0.2) is 4.98 Å². The topological polar surface area (TPSA) is 80.5 Å². The monoisotopic (exact) mass is 426 g/mol. The summed E-state index contributed by atoms with van der Waals surface area (Å²) in [5.74, 6) is 0.953. The summed E-state index contributed by atoms with van der Waals surface area (Å²) in [4.78, 5) is 18.6. The number of hydrogen-bond acceptors (Lipinski definition) is 5. The van der Waals surface area contributed by atoms with Gasteiger partial charge in [0.05, 0.1) is 6.54 Å². The number of aliphatic hydroxyl groups excluding tert-OH is 1. The van der Waals surface area contributed by atoms with Crippen LogP contribution in [0.5, 0.6) is 5.75 Å². The number of nitrogens with zero attached hydrogens (tertiary/aromatic N) is 4. The van der Waals surface area contributed by atoms with Gasteiger partial charge in [-0.1, -0.05) is 23.7 Å². The summed E-state index contributed by atoms with van der Waals surface area (Å²) in [6, 6.07) is 14.9. The van der Waals surface area contributed by atoms with E-state index in [-0.39, 0.29) is 12.5 Å². The number of aliphatic hydroxyl groups is 1. The molecule has 1 saturated heterocycles. The first-order valence-corrected chi connectivity index (χ1v) is 10.2. The van der Waals surface area contributed by atoms with Crippen molar-refractivity contribution in [3.8, 4) is 5.75 Å². The van der Waals surface area contributed by atoms with Gasteiger partial charge in [0.2, 0.25) is 0 Å². The van der Waals surface area contributed by atoms with Crippen LogP contribution in [0.15, 0.2) is 61.2 Å². The molecule has 1 aliphatic rings. The largest absolute Gasteiger partial charge is 0.491 e. The van der Waals surface area contributed by atoms with Gasteiger partial charge in [-0.3, -0.25) is 9.48 Å². The SMILES string of the molecule is O=C(c1ccc(OCC(O)Cn2cncn2)cc1)N1CC[C@H](c2ccc(Cl)cc2)C1. The second-order valence-electron chi connectivity index (χ2n) is 7.40. The summed E-state index contributed by atoms with van der Waals surface area (Å²) >= 11 is 5.97. The molecule has 2 heterocycles. The number of carbonyl (C=O) groups is 1. The average Bonchev–Trinajstić information content (AvgIpc) is 3.45. The number of ether oxygens (including phenoxy) is 1. The van der Waals surface area contributed by atoms with Crippen LogP contribution >= 0.6 is 11.6 Å². The van der Waals surface area contributed by atoms with Crippen molar-refractivity contribution in [2.75, 3.05) is 19.7 Å². The molecule has 0 aliphatic carbocycles. The third-order valence-electron chi connectivity index (χ3n) is 5.22. The number of rotatable bonds is 7. The lowest BCUT2D eigenvalue weighted by atomic mass is 9.99. The van der Waals surface area contributed by atoms with Crippen molar-refractivity contribution in [2.24, 2.45) is 0 Å². The maximum Gasteiger partial charge on any atom is 0.253 e. The van der Waals surface area contributed by atoms with E-state index >= 15 is 0 Å². The molecule has 1 aliphatic heterocycles. The molecule has 7 nitrogen and oxygen atoms in total. The van der Waals surface area contributed by atoms with E-state index < -0.39 is 6.10 Å². The quantitative estimate of drug-likeness (QED) is 0.628. The van der Waals surface area contributed by atoms with Crippen LogP contribution in [0, 0.1) is 0 Å². The van der Waals surface area contributed by atoms with E-state index in [4.69, 9.17) is 16.3 Å². The number of likely N-dealkylation sites (tertiary alicyclic amines) is 1. The summed E-state index contributed by atoms with van der Waals surface area (Å²) in [7, 11) is 0. The third kappa shape index (κ3) is 4.98. The van der Waals surface area contributed by atoms with Gasteiger partial charge in [-0.15, -0.1) is 0 Å². The van der Waals surface area contributed by atoms with Crippen LogP contribution in [0.3, 0.4) is 0 Å². The summed E-state index contributed by atoms with van der Waals surface area (Å²) in [6.07, 6.45) is 3.20. The van der Waals surface area contributed by atoms with Crippen LogP contribution in [0.25, 0.3) is 0 Å².